The van der Waals surface area contributed by atoms with Crippen molar-refractivity contribution < 1.29 is 4.42 Å². The number of hydrogen-bond donors (Lipinski definition) is 0. The van der Waals surface area contributed by atoms with Crippen molar-refractivity contribution in [1.29, 1.82) is 0 Å². The van der Waals surface area contributed by atoms with Gasteiger partial charge in [-0.2, -0.15) is 0 Å². The summed E-state index contributed by atoms with van der Waals surface area (Å²) in [6.07, 6.45) is 6.79. The van der Waals surface area contributed by atoms with Gasteiger partial charge in [-0.3, -0.25) is 0 Å². The van der Waals surface area contributed by atoms with Crippen molar-refractivity contribution >= 4 is 16.7 Å². The van der Waals surface area contributed by atoms with Crippen molar-refractivity contribution in [2.45, 2.75) is 31.7 Å². The molecule has 0 N–H and O–H groups in total. The molecular weight excluding hydrogens is 320 g/mol. The zero-order valence-electron chi connectivity index (χ0n) is 15.2. The third kappa shape index (κ3) is 2.90. The molecule has 2 aliphatic heterocycles. The number of nitrogens with zero attached hydrogens (tertiary/aromatic N) is 2. The first-order valence-corrected chi connectivity index (χ1v) is 9.90. The summed E-state index contributed by atoms with van der Waals surface area (Å²) >= 11 is 0. The van der Waals surface area contributed by atoms with Crippen LogP contribution < -0.4 is 4.90 Å². The molecule has 1 saturated heterocycles. The molecule has 0 aliphatic carbocycles. The van der Waals surface area contributed by atoms with Gasteiger partial charge in [0.15, 0.2) is 0 Å². The van der Waals surface area contributed by atoms with Crippen molar-refractivity contribution in [1.82, 2.24) is 4.90 Å². The van der Waals surface area contributed by atoms with Gasteiger partial charge < -0.3 is 14.2 Å². The van der Waals surface area contributed by atoms with Gasteiger partial charge in [-0.05, 0) is 48.9 Å². The number of likely N-dealkylation sites (tertiary alicyclic amines) is 1. The first-order chi connectivity index (χ1) is 12.9. The maximum atomic E-state index is 5.68. The molecule has 0 bridgehead atoms. The minimum atomic E-state index is 0.713. The second-order valence-electron chi connectivity index (χ2n) is 7.65. The highest BCUT2D eigenvalue weighted by Crippen LogP contribution is 2.32. The van der Waals surface area contributed by atoms with Gasteiger partial charge in [0.05, 0.1) is 6.26 Å². The van der Waals surface area contributed by atoms with E-state index >= 15 is 0 Å². The van der Waals surface area contributed by atoms with E-state index in [-0.39, 0.29) is 0 Å². The van der Waals surface area contributed by atoms with Crippen LogP contribution in [0.2, 0.25) is 0 Å². The van der Waals surface area contributed by atoms with Gasteiger partial charge in [0.1, 0.15) is 5.58 Å². The highest BCUT2D eigenvalue weighted by atomic mass is 16.3. The molecule has 0 unspecified atom stereocenters. The number of para-hydroxylation sites is 2. The van der Waals surface area contributed by atoms with Crippen LogP contribution in [0.3, 0.4) is 0 Å². The van der Waals surface area contributed by atoms with E-state index in [0.29, 0.717) is 6.04 Å². The van der Waals surface area contributed by atoms with Crippen molar-refractivity contribution in [2.24, 2.45) is 0 Å². The average molecular weight is 346 g/mol. The third-order valence-electron chi connectivity index (χ3n) is 6.18. The number of piperidine rings is 1. The normalized spacial score (nSPS) is 18.5. The molecule has 26 heavy (non-hydrogen) atoms. The van der Waals surface area contributed by atoms with Crippen LogP contribution in [0.15, 0.2) is 59.2 Å². The van der Waals surface area contributed by atoms with E-state index in [1.807, 2.05) is 12.3 Å². The first kappa shape index (κ1) is 16.0. The molecule has 5 rings (SSSR count). The zero-order chi connectivity index (χ0) is 17.3. The Labute approximate surface area is 155 Å². The van der Waals surface area contributed by atoms with E-state index in [2.05, 4.69) is 52.3 Å². The molecule has 3 aromatic rings. The van der Waals surface area contributed by atoms with Crippen LogP contribution in [0, 0.1) is 0 Å². The summed E-state index contributed by atoms with van der Waals surface area (Å²) in [5.74, 6) is 0. The van der Waals surface area contributed by atoms with Crippen LogP contribution in [0.4, 0.5) is 5.69 Å². The van der Waals surface area contributed by atoms with Crippen LogP contribution in [0.5, 0.6) is 0 Å². The maximum absolute atomic E-state index is 5.68. The van der Waals surface area contributed by atoms with E-state index in [1.165, 1.54) is 61.1 Å². The van der Waals surface area contributed by atoms with Gasteiger partial charge in [0, 0.05) is 43.3 Å². The van der Waals surface area contributed by atoms with Crippen molar-refractivity contribution in [3.05, 3.63) is 65.9 Å². The average Bonchev–Trinajstić information content (AvgIpc) is 3.31. The lowest BCUT2D eigenvalue weighted by atomic mass is 10.0. The number of hydrogen-bond acceptors (Lipinski definition) is 3. The second kappa shape index (κ2) is 6.81. The van der Waals surface area contributed by atoms with Crippen LogP contribution in [-0.4, -0.2) is 37.1 Å². The van der Waals surface area contributed by atoms with Crippen molar-refractivity contribution in [2.75, 3.05) is 31.1 Å². The van der Waals surface area contributed by atoms with Crippen LogP contribution in [0.25, 0.3) is 11.0 Å². The molecule has 0 amide bonds. The molecule has 0 spiro atoms. The maximum Gasteiger partial charge on any atom is 0.134 e. The number of benzene rings is 2. The highest BCUT2D eigenvalue weighted by Gasteiger charge is 2.28. The van der Waals surface area contributed by atoms with Gasteiger partial charge in [0.2, 0.25) is 0 Å². The molecule has 0 saturated carbocycles. The fourth-order valence-corrected chi connectivity index (χ4v) is 4.70. The summed E-state index contributed by atoms with van der Waals surface area (Å²) in [6, 6.07) is 18.0. The SMILES string of the molecule is c1ccc2c(c1)CCN2C1CCN(CCc2coc3ccccc23)CC1. The molecule has 3 nitrogen and oxygen atoms in total. The van der Waals surface area contributed by atoms with Gasteiger partial charge in [-0.1, -0.05) is 36.4 Å². The van der Waals surface area contributed by atoms with Gasteiger partial charge >= 0.3 is 0 Å². The van der Waals surface area contributed by atoms with Crippen LogP contribution in [0.1, 0.15) is 24.0 Å². The molecule has 2 aliphatic rings. The van der Waals surface area contributed by atoms with Crippen LogP contribution >= 0.6 is 0 Å². The number of rotatable bonds is 4. The molecule has 0 atom stereocenters. The summed E-state index contributed by atoms with van der Waals surface area (Å²) < 4.78 is 5.68. The molecule has 2 aromatic carbocycles. The zero-order valence-corrected chi connectivity index (χ0v) is 15.2. The van der Waals surface area contributed by atoms with E-state index < -0.39 is 0 Å². The second-order valence-corrected chi connectivity index (χ2v) is 7.65. The Bertz CT molecular complexity index is 892. The minimum absolute atomic E-state index is 0.713. The van der Waals surface area contributed by atoms with E-state index in [9.17, 15) is 0 Å². The lowest BCUT2D eigenvalue weighted by Crippen LogP contribution is -2.44. The smallest absolute Gasteiger partial charge is 0.134 e. The molecule has 3 heteroatoms. The molecule has 0 radical (unpaired) electrons. The quantitative estimate of drug-likeness (QED) is 0.693. The molecule has 3 heterocycles. The standard InChI is InChI=1S/C23H26N2O/c1-3-7-22-18(5-1)10-16-25(22)20-11-14-24(15-12-20)13-9-19-17-26-23-8-4-2-6-21(19)23/h1-8,17,20H,9-16H2. The van der Waals surface area contributed by atoms with Gasteiger partial charge in [-0.15, -0.1) is 0 Å². The largest absolute Gasteiger partial charge is 0.464 e. The first-order valence-electron chi connectivity index (χ1n) is 9.90. The fraction of sp³-hybridized carbons (Fsp3) is 0.391. The lowest BCUT2D eigenvalue weighted by Gasteiger charge is -2.38. The highest BCUT2D eigenvalue weighted by molar-refractivity contribution is 5.80. The Morgan fingerprint density at radius 2 is 1.73 bits per heavy atom. The summed E-state index contributed by atoms with van der Waals surface area (Å²) in [6.45, 7) is 4.75. The fourth-order valence-electron chi connectivity index (χ4n) is 4.70. The summed E-state index contributed by atoms with van der Waals surface area (Å²) in [4.78, 5) is 5.29. The number of fused-ring (bicyclic) bond motifs is 2. The summed E-state index contributed by atoms with van der Waals surface area (Å²) in [5.41, 5.74) is 5.36. The summed E-state index contributed by atoms with van der Waals surface area (Å²) in [5, 5.41) is 1.27. The van der Waals surface area contributed by atoms with E-state index in [0.717, 1.165) is 18.5 Å². The monoisotopic (exact) mass is 346 g/mol. The van der Waals surface area contributed by atoms with Crippen molar-refractivity contribution in [3.63, 3.8) is 0 Å². The lowest BCUT2D eigenvalue weighted by molar-refractivity contribution is 0.212. The molecular formula is C23H26N2O. The Kier molecular flexibility index (Phi) is 4.18. The topological polar surface area (TPSA) is 19.6 Å². The molecule has 134 valence electrons. The molecule has 1 aromatic heterocycles. The number of furan rings is 1. The van der Waals surface area contributed by atoms with Gasteiger partial charge in [0.25, 0.3) is 0 Å². The predicted octanol–water partition coefficient (Wildman–Crippen LogP) is 4.50. The van der Waals surface area contributed by atoms with E-state index in [4.69, 9.17) is 4.42 Å². The Hall–Kier alpha value is -2.26. The third-order valence-corrected chi connectivity index (χ3v) is 6.18. The number of anilines is 1. The Balaban J connectivity index is 1.18. The van der Waals surface area contributed by atoms with Gasteiger partial charge in [-0.25, -0.2) is 0 Å². The Morgan fingerprint density at radius 1 is 0.923 bits per heavy atom. The van der Waals surface area contributed by atoms with Crippen molar-refractivity contribution in [3.8, 4) is 0 Å². The molecule has 1 fully saturated rings. The van der Waals surface area contributed by atoms with Crippen LogP contribution in [-0.2, 0) is 12.8 Å². The van der Waals surface area contributed by atoms with E-state index in [1.54, 1.807) is 0 Å². The minimum Gasteiger partial charge on any atom is -0.464 e. The predicted molar refractivity (Wildman–Crippen MR) is 107 cm³/mol. The summed E-state index contributed by atoms with van der Waals surface area (Å²) in [7, 11) is 0. The Morgan fingerprint density at radius 3 is 2.65 bits per heavy atom.